The van der Waals surface area contributed by atoms with E-state index in [0.717, 1.165) is 16.9 Å². The summed E-state index contributed by atoms with van der Waals surface area (Å²) < 4.78 is 72.8. The Bertz CT molecular complexity index is 1330. The number of sulfonamides is 1. The summed E-state index contributed by atoms with van der Waals surface area (Å²) in [6.07, 6.45) is -3.60. The second-order valence-corrected chi connectivity index (χ2v) is 8.05. The van der Waals surface area contributed by atoms with E-state index in [9.17, 15) is 21.6 Å². The Morgan fingerprint density at radius 2 is 1.56 bits per heavy atom. The van der Waals surface area contributed by atoms with Crippen LogP contribution in [-0.4, -0.2) is 28.2 Å². The van der Waals surface area contributed by atoms with Crippen molar-refractivity contribution in [1.82, 2.24) is 19.7 Å². The smallest absolute Gasteiger partial charge is 0.435 e. The van der Waals surface area contributed by atoms with Crippen LogP contribution in [-0.2, 0) is 16.2 Å². The first-order valence-electron chi connectivity index (χ1n) is 9.04. The molecule has 0 amide bonds. The highest BCUT2D eigenvalue weighted by Crippen LogP contribution is 2.29. The molecule has 0 bridgehead atoms. The first kappa shape index (κ1) is 21.3. The van der Waals surface area contributed by atoms with Crippen LogP contribution in [0.4, 0.5) is 19.1 Å². The van der Waals surface area contributed by atoms with E-state index < -0.39 is 27.8 Å². The minimum Gasteiger partial charge on any atom is -0.439 e. The average Bonchev–Trinajstić information content (AvgIpc) is 3.26. The second kappa shape index (κ2) is 8.30. The maximum Gasteiger partial charge on any atom is 0.435 e. The summed E-state index contributed by atoms with van der Waals surface area (Å²) in [4.78, 5) is 7.99. The molecule has 2 aromatic carbocycles. The number of anilines is 1. The van der Waals surface area contributed by atoms with Crippen LogP contribution in [0.1, 0.15) is 5.69 Å². The lowest BCUT2D eigenvalue weighted by Crippen LogP contribution is -2.16. The Morgan fingerprint density at radius 3 is 2.19 bits per heavy atom. The normalized spacial score (nSPS) is 11.8. The van der Waals surface area contributed by atoms with E-state index in [1.165, 1.54) is 30.3 Å². The Hall–Kier alpha value is -3.93. The van der Waals surface area contributed by atoms with Crippen LogP contribution >= 0.6 is 0 Å². The number of rotatable bonds is 6. The lowest BCUT2D eigenvalue weighted by molar-refractivity contribution is -0.141. The van der Waals surface area contributed by atoms with E-state index >= 15 is 0 Å². The largest absolute Gasteiger partial charge is 0.439 e. The number of nitrogens with zero attached hydrogens (tertiary/aromatic N) is 4. The van der Waals surface area contributed by atoms with Gasteiger partial charge in [-0.3, -0.25) is 0 Å². The molecule has 32 heavy (non-hydrogen) atoms. The van der Waals surface area contributed by atoms with Crippen LogP contribution < -0.4 is 9.46 Å². The Balaban J connectivity index is 1.74. The molecule has 2 aromatic heterocycles. The second-order valence-electron chi connectivity index (χ2n) is 6.36. The molecule has 4 rings (SSSR count). The molecule has 0 atom stereocenters. The van der Waals surface area contributed by atoms with Gasteiger partial charge >= 0.3 is 6.18 Å². The SMILES string of the molecule is O=S(=O)(Nc1nc(Oc2ccccc2)cc(-n2ccc(C(F)(F)F)n2)n1)c1ccccc1. The minimum atomic E-state index is -4.65. The summed E-state index contributed by atoms with van der Waals surface area (Å²) in [6, 6.07) is 17.9. The monoisotopic (exact) mass is 461 g/mol. The Labute approximate surface area is 180 Å². The highest BCUT2D eigenvalue weighted by atomic mass is 32.2. The molecule has 4 aromatic rings. The van der Waals surface area contributed by atoms with Gasteiger partial charge in [0.2, 0.25) is 11.8 Å². The van der Waals surface area contributed by atoms with Gasteiger partial charge in [-0.25, -0.2) is 17.8 Å². The van der Waals surface area contributed by atoms with Gasteiger partial charge in [0.05, 0.1) is 4.90 Å². The predicted octanol–water partition coefficient (Wildman–Crippen LogP) is 4.27. The molecule has 2 heterocycles. The maximum absolute atomic E-state index is 12.9. The van der Waals surface area contributed by atoms with Crippen LogP contribution in [0.3, 0.4) is 0 Å². The third-order valence-corrected chi connectivity index (χ3v) is 5.39. The fraction of sp³-hybridized carbons (Fsp3) is 0.0500. The molecule has 0 fully saturated rings. The average molecular weight is 461 g/mol. The molecule has 1 N–H and O–H groups in total. The third kappa shape index (κ3) is 4.86. The number of benzene rings is 2. The molecule has 0 aliphatic heterocycles. The van der Waals surface area contributed by atoms with Crippen LogP contribution in [0, 0.1) is 0 Å². The molecular weight excluding hydrogens is 447 g/mol. The lowest BCUT2D eigenvalue weighted by atomic mass is 10.3. The fourth-order valence-corrected chi connectivity index (χ4v) is 3.58. The van der Waals surface area contributed by atoms with Gasteiger partial charge in [0, 0.05) is 12.3 Å². The van der Waals surface area contributed by atoms with Gasteiger partial charge < -0.3 is 4.74 Å². The van der Waals surface area contributed by atoms with Crippen molar-refractivity contribution in [3.05, 3.63) is 84.7 Å². The number of ether oxygens (including phenoxy) is 1. The van der Waals surface area contributed by atoms with E-state index in [4.69, 9.17) is 4.74 Å². The maximum atomic E-state index is 12.9. The minimum absolute atomic E-state index is 0.0435. The standard InChI is InChI=1S/C20H14F3N5O3S/c21-20(22,23)16-11-12-28(26-16)17-13-18(31-14-7-3-1-4-8-14)25-19(24-17)27-32(29,30)15-9-5-2-6-10-15/h1-13H,(H,24,25,27). The van der Waals surface area contributed by atoms with Gasteiger partial charge in [0.1, 0.15) is 5.75 Å². The van der Waals surface area contributed by atoms with E-state index in [-0.39, 0.29) is 16.6 Å². The molecule has 0 spiro atoms. The van der Waals surface area contributed by atoms with Crippen LogP contribution in [0.15, 0.2) is 83.9 Å². The number of hydrogen-bond acceptors (Lipinski definition) is 6. The van der Waals surface area contributed by atoms with Crippen molar-refractivity contribution >= 4 is 16.0 Å². The quantitative estimate of drug-likeness (QED) is 0.460. The number of halogens is 3. The van der Waals surface area contributed by atoms with Gasteiger partial charge in [-0.2, -0.15) is 28.2 Å². The molecule has 0 aliphatic rings. The highest BCUT2D eigenvalue weighted by molar-refractivity contribution is 7.92. The van der Waals surface area contributed by atoms with Crippen molar-refractivity contribution in [2.75, 3.05) is 4.72 Å². The van der Waals surface area contributed by atoms with Gasteiger partial charge in [-0.1, -0.05) is 36.4 Å². The molecule has 0 radical (unpaired) electrons. The fourth-order valence-electron chi connectivity index (χ4n) is 2.62. The zero-order valence-electron chi connectivity index (χ0n) is 16.1. The summed E-state index contributed by atoms with van der Waals surface area (Å²) in [5.41, 5.74) is -1.13. The summed E-state index contributed by atoms with van der Waals surface area (Å²) in [7, 11) is -4.06. The third-order valence-electron chi connectivity index (χ3n) is 4.05. The van der Waals surface area contributed by atoms with Crippen molar-refractivity contribution in [3.63, 3.8) is 0 Å². The van der Waals surface area contributed by atoms with Gasteiger partial charge in [-0.05, 0) is 30.3 Å². The summed E-state index contributed by atoms with van der Waals surface area (Å²) in [5, 5.41) is 3.46. The van der Waals surface area contributed by atoms with Gasteiger partial charge in [-0.15, -0.1) is 0 Å². The first-order valence-corrected chi connectivity index (χ1v) is 10.5. The van der Waals surface area contributed by atoms with Gasteiger partial charge in [0.25, 0.3) is 10.0 Å². The highest BCUT2D eigenvalue weighted by Gasteiger charge is 2.33. The lowest BCUT2D eigenvalue weighted by Gasteiger charge is -2.11. The zero-order valence-corrected chi connectivity index (χ0v) is 16.9. The Kier molecular flexibility index (Phi) is 5.53. The van der Waals surface area contributed by atoms with Crippen molar-refractivity contribution < 1.29 is 26.3 Å². The molecule has 0 saturated heterocycles. The molecular formula is C20H14F3N5O3S. The number of aromatic nitrogens is 4. The zero-order chi connectivity index (χ0) is 22.8. The predicted molar refractivity (Wildman–Crippen MR) is 108 cm³/mol. The van der Waals surface area contributed by atoms with Crippen molar-refractivity contribution in [1.29, 1.82) is 0 Å². The molecule has 12 heteroatoms. The van der Waals surface area contributed by atoms with Gasteiger partial charge in [0.15, 0.2) is 11.5 Å². The summed E-state index contributed by atoms with van der Waals surface area (Å²) >= 11 is 0. The van der Waals surface area contributed by atoms with E-state index in [2.05, 4.69) is 19.8 Å². The Morgan fingerprint density at radius 1 is 0.906 bits per heavy atom. The van der Waals surface area contributed by atoms with Crippen LogP contribution in [0.25, 0.3) is 5.82 Å². The number of para-hydroxylation sites is 1. The van der Waals surface area contributed by atoms with E-state index in [1.54, 1.807) is 36.4 Å². The van der Waals surface area contributed by atoms with Crippen molar-refractivity contribution in [2.24, 2.45) is 0 Å². The topological polar surface area (TPSA) is 99.0 Å². The first-order chi connectivity index (χ1) is 15.2. The number of hydrogen-bond donors (Lipinski definition) is 1. The molecule has 0 aliphatic carbocycles. The summed E-state index contributed by atoms with van der Waals surface area (Å²) in [5.74, 6) is -0.255. The number of nitrogens with one attached hydrogen (secondary N) is 1. The van der Waals surface area contributed by atoms with Crippen LogP contribution in [0.5, 0.6) is 11.6 Å². The van der Waals surface area contributed by atoms with Crippen molar-refractivity contribution in [3.8, 4) is 17.4 Å². The van der Waals surface area contributed by atoms with E-state index in [0.29, 0.717) is 5.75 Å². The number of alkyl halides is 3. The van der Waals surface area contributed by atoms with Crippen LogP contribution in [0.2, 0.25) is 0 Å². The molecule has 0 saturated carbocycles. The molecule has 0 unspecified atom stereocenters. The van der Waals surface area contributed by atoms with Crippen molar-refractivity contribution in [2.45, 2.75) is 11.1 Å². The summed E-state index contributed by atoms with van der Waals surface area (Å²) in [6.45, 7) is 0. The molecule has 8 nitrogen and oxygen atoms in total. The van der Waals surface area contributed by atoms with E-state index in [1.807, 2.05) is 0 Å². The molecule has 164 valence electrons.